The summed E-state index contributed by atoms with van der Waals surface area (Å²) in [4.78, 5) is 1.61. The Bertz CT molecular complexity index is 250. The van der Waals surface area contributed by atoms with Crippen LogP contribution in [-0.2, 0) is 0 Å². The highest BCUT2D eigenvalue weighted by Crippen LogP contribution is 2.38. The highest BCUT2D eigenvalue weighted by molar-refractivity contribution is 8.05. The fraction of sp³-hybridized carbons (Fsp3) is 0.714. The Hall–Kier alpha value is -0.170. The lowest BCUT2D eigenvalue weighted by Crippen LogP contribution is -2.06. The first-order valence-corrected chi connectivity index (χ1v) is 7.12. The first-order valence-electron chi connectivity index (χ1n) is 6.24. The predicted molar refractivity (Wildman–Crippen MR) is 71.9 cm³/mol. The third kappa shape index (κ3) is 3.71. The van der Waals surface area contributed by atoms with Crippen molar-refractivity contribution in [3.05, 3.63) is 22.0 Å². The molecule has 1 rings (SSSR count). The van der Waals surface area contributed by atoms with E-state index in [1.54, 1.807) is 4.91 Å². The van der Waals surface area contributed by atoms with Crippen LogP contribution in [0.5, 0.6) is 0 Å². The number of allylic oxidation sites excluding steroid dienone is 3. The van der Waals surface area contributed by atoms with Crippen LogP contribution in [-0.4, -0.2) is 0 Å². The van der Waals surface area contributed by atoms with E-state index in [0.717, 1.165) is 5.92 Å². The van der Waals surface area contributed by atoms with Crippen molar-refractivity contribution in [3.8, 4) is 0 Å². The molecular formula is C14H24S. The number of hydrogen-bond donors (Lipinski definition) is 0. The number of rotatable bonds is 5. The standard InChI is InChI=1S/C14H24S/c1-5-7-8-13(6-2)14-9-11(3)12(4)10-15-14/h9-11,13H,5-8H2,1-4H3/t11-,13-/m1/s1. The largest absolute Gasteiger partial charge is 0.103 e. The molecule has 0 aliphatic carbocycles. The van der Waals surface area contributed by atoms with E-state index in [1.165, 1.54) is 31.3 Å². The number of thioether (sulfide) groups is 1. The first-order chi connectivity index (χ1) is 7.19. The van der Waals surface area contributed by atoms with Gasteiger partial charge >= 0.3 is 0 Å². The molecule has 0 unspecified atom stereocenters. The smallest absolute Gasteiger partial charge is 0.00350 e. The molecule has 86 valence electrons. The third-order valence-corrected chi connectivity index (χ3v) is 4.55. The molecule has 0 nitrogen and oxygen atoms in total. The molecular weight excluding hydrogens is 200 g/mol. The molecule has 0 N–H and O–H groups in total. The van der Waals surface area contributed by atoms with E-state index in [0.29, 0.717) is 5.92 Å². The summed E-state index contributed by atoms with van der Waals surface area (Å²) >= 11 is 1.96. The molecule has 15 heavy (non-hydrogen) atoms. The minimum absolute atomic E-state index is 0.650. The van der Waals surface area contributed by atoms with Crippen molar-refractivity contribution in [2.24, 2.45) is 11.8 Å². The molecule has 2 atom stereocenters. The van der Waals surface area contributed by atoms with Crippen LogP contribution in [0.25, 0.3) is 0 Å². The van der Waals surface area contributed by atoms with E-state index in [2.05, 4.69) is 39.2 Å². The summed E-state index contributed by atoms with van der Waals surface area (Å²) in [6, 6.07) is 0. The Labute approximate surface area is 99.2 Å². The molecule has 0 aromatic rings. The fourth-order valence-corrected chi connectivity index (χ4v) is 3.21. The van der Waals surface area contributed by atoms with E-state index in [4.69, 9.17) is 0 Å². The van der Waals surface area contributed by atoms with Gasteiger partial charge in [-0.2, -0.15) is 0 Å². The van der Waals surface area contributed by atoms with Crippen LogP contribution in [0.4, 0.5) is 0 Å². The molecule has 0 radical (unpaired) electrons. The van der Waals surface area contributed by atoms with E-state index in [1.807, 2.05) is 11.8 Å². The highest BCUT2D eigenvalue weighted by Gasteiger charge is 2.17. The summed E-state index contributed by atoms with van der Waals surface area (Å²) in [6.45, 7) is 9.13. The fourth-order valence-electron chi connectivity index (χ4n) is 1.92. The first kappa shape index (κ1) is 12.9. The molecule has 0 spiro atoms. The maximum atomic E-state index is 2.48. The van der Waals surface area contributed by atoms with Gasteiger partial charge < -0.3 is 0 Å². The van der Waals surface area contributed by atoms with Gasteiger partial charge in [-0.05, 0) is 41.9 Å². The highest BCUT2D eigenvalue weighted by atomic mass is 32.2. The van der Waals surface area contributed by atoms with Crippen LogP contribution in [0.2, 0.25) is 0 Å². The number of hydrogen-bond acceptors (Lipinski definition) is 1. The molecule has 0 aromatic heterocycles. The van der Waals surface area contributed by atoms with Gasteiger partial charge in [-0.15, -0.1) is 11.8 Å². The van der Waals surface area contributed by atoms with Crippen molar-refractivity contribution in [3.63, 3.8) is 0 Å². The second-order valence-electron chi connectivity index (χ2n) is 4.58. The molecule has 0 saturated heterocycles. The van der Waals surface area contributed by atoms with Crippen LogP contribution in [0.15, 0.2) is 22.0 Å². The van der Waals surface area contributed by atoms with E-state index in [-0.39, 0.29) is 0 Å². The van der Waals surface area contributed by atoms with Crippen LogP contribution in [0.1, 0.15) is 53.4 Å². The molecule has 1 heterocycles. The molecule has 1 heteroatoms. The van der Waals surface area contributed by atoms with Gasteiger partial charge in [-0.25, -0.2) is 0 Å². The Kier molecular flexibility index (Phi) is 5.52. The van der Waals surface area contributed by atoms with Gasteiger partial charge in [0, 0.05) is 0 Å². The quantitative estimate of drug-likeness (QED) is 0.604. The lowest BCUT2D eigenvalue weighted by Gasteiger charge is -2.23. The molecule has 0 amide bonds. The Morgan fingerprint density at radius 1 is 1.40 bits per heavy atom. The molecule has 0 bridgehead atoms. The van der Waals surface area contributed by atoms with Crippen molar-refractivity contribution >= 4 is 11.8 Å². The van der Waals surface area contributed by atoms with Crippen molar-refractivity contribution in [1.29, 1.82) is 0 Å². The monoisotopic (exact) mass is 224 g/mol. The Morgan fingerprint density at radius 2 is 2.13 bits per heavy atom. The Balaban J connectivity index is 2.58. The lowest BCUT2D eigenvalue weighted by atomic mass is 9.95. The van der Waals surface area contributed by atoms with Crippen LogP contribution in [0.3, 0.4) is 0 Å². The maximum absolute atomic E-state index is 2.48. The summed E-state index contributed by atoms with van der Waals surface area (Å²) in [7, 11) is 0. The van der Waals surface area contributed by atoms with Gasteiger partial charge in [0.1, 0.15) is 0 Å². The van der Waals surface area contributed by atoms with Gasteiger partial charge in [-0.3, -0.25) is 0 Å². The minimum atomic E-state index is 0.650. The van der Waals surface area contributed by atoms with Gasteiger partial charge in [0.15, 0.2) is 0 Å². The minimum Gasteiger partial charge on any atom is -0.103 e. The molecule has 0 aromatic carbocycles. The van der Waals surface area contributed by atoms with Gasteiger partial charge in [0.25, 0.3) is 0 Å². The zero-order valence-corrected chi connectivity index (χ0v) is 11.4. The summed E-state index contributed by atoms with van der Waals surface area (Å²) in [5.41, 5.74) is 1.51. The molecule has 0 saturated carbocycles. The van der Waals surface area contributed by atoms with E-state index in [9.17, 15) is 0 Å². The second-order valence-corrected chi connectivity index (χ2v) is 5.53. The topological polar surface area (TPSA) is 0 Å². The van der Waals surface area contributed by atoms with Gasteiger partial charge in [-0.1, -0.05) is 45.3 Å². The van der Waals surface area contributed by atoms with Crippen molar-refractivity contribution in [2.75, 3.05) is 0 Å². The summed E-state index contributed by atoms with van der Waals surface area (Å²) in [6.07, 6.45) is 7.82. The van der Waals surface area contributed by atoms with Gasteiger partial charge in [0.05, 0.1) is 0 Å². The SMILES string of the molecule is CCCC[C@@H](CC)C1=C[C@@H](C)C(C)=CS1. The van der Waals surface area contributed by atoms with Crippen molar-refractivity contribution in [1.82, 2.24) is 0 Å². The summed E-state index contributed by atoms with van der Waals surface area (Å²) in [5, 5.41) is 2.34. The lowest BCUT2D eigenvalue weighted by molar-refractivity contribution is 0.530. The summed E-state index contributed by atoms with van der Waals surface area (Å²) < 4.78 is 0. The van der Waals surface area contributed by atoms with E-state index < -0.39 is 0 Å². The zero-order valence-electron chi connectivity index (χ0n) is 10.5. The average Bonchev–Trinajstić information content (AvgIpc) is 2.24. The zero-order chi connectivity index (χ0) is 11.3. The van der Waals surface area contributed by atoms with Crippen molar-refractivity contribution in [2.45, 2.75) is 53.4 Å². The predicted octanol–water partition coefficient (Wildman–Crippen LogP) is 5.37. The van der Waals surface area contributed by atoms with Gasteiger partial charge in [0.2, 0.25) is 0 Å². The molecule has 0 fully saturated rings. The maximum Gasteiger partial charge on any atom is -0.00350 e. The van der Waals surface area contributed by atoms with Crippen LogP contribution in [0, 0.1) is 11.8 Å². The molecule has 1 aliphatic heterocycles. The number of unbranched alkanes of at least 4 members (excludes halogenated alkanes) is 1. The Morgan fingerprint density at radius 3 is 2.67 bits per heavy atom. The molecule has 1 aliphatic rings. The third-order valence-electron chi connectivity index (χ3n) is 3.31. The second kappa shape index (κ2) is 6.42. The van der Waals surface area contributed by atoms with Crippen LogP contribution < -0.4 is 0 Å². The normalized spacial score (nSPS) is 23.3. The van der Waals surface area contributed by atoms with Crippen molar-refractivity contribution < 1.29 is 0 Å². The van der Waals surface area contributed by atoms with Crippen LogP contribution >= 0.6 is 11.8 Å². The average molecular weight is 224 g/mol. The van der Waals surface area contributed by atoms with E-state index >= 15 is 0 Å². The summed E-state index contributed by atoms with van der Waals surface area (Å²) in [5.74, 6) is 1.46.